The lowest BCUT2D eigenvalue weighted by molar-refractivity contribution is 0.147. The first-order valence-corrected chi connectivity index (χ1v) is 5.33. The summed E-state index contributed by atoms with van der Waals surface area (Å²) < 4.78 is 10.5. The second kappa shape index (κ2) is 7.12. The van der Waals surface area contributed by atoms with Gasteiger partial charge < -0.3 is 14.8 Å². The van der Waals surface area contributed by atoms with Crippen LogP contribution in [0.2, 0.25) is 0 Å². The van der Waals surface area contributed by atoms with Crippen LogP contribution in [-0.2, 0) is 4.74 Å². The minimum atomic E-state index is 0.786. The zero-order chi connectivity index (χ0) is 10.9. The highest BCUT2D eigenvalue weighted by atomic mass is 16.5. The Morgan fingerprint density at radius 1 is 1.27 bits per heavy atom. The van der Waals surface area contributed by atoms with Gasteiger partial charge in [0, 0.05) is 19.8 Å². The lowest BCUT2D eigenvalue weighted by Crippen LogP contribution is -2.06. The number of hydrogen-bond donors (Lipinski definition) is 1. The third-order valence-corrected chi connectivity index (χ3v) is 2.09. The van der Waals surface area contributed by atoms with E-state index in [1.54, 1.807) is 7.11 Å². The topological polar surface area (TPSA) is 30.5 Å². The molecule has 0 heterocycles. The van der Waals surface area contributed by atoms with E-state index in [2.05, 4.69) is 5.32 Å². The SMILES string of the molecule is CCOCCCNc1ccccc1OC. The van der Waals surface area contributed by atoms with Crippen LogP contribution in [0.25, 0.3) is 0 Å². The Balaban J connectivity index is 2.30. The van der Waals surface area contributed by atoms with Crippen molar-refractivity contribution in [1.29, 1.82) is 0 Å². The molecule has 0 saturated carbocycles. The van der Waals surface area contributed by atoms with E-state index >= 15 is 0 Å². The molecule has 0 bridgehead atoms. The largest absolute Gasteiger partial charge is 0.495 e. The number of ether oxygens (including phenoxy) is 2. The van der Waals surface area contributed by atoms with Crippen molar-refractivity contribution in [3.63, 3.8) is 0 Å². The molecule has 0 aliphatic carbocycles. The van der Waals surface area contributed by atoms with Crippen molar-refractivity contribution in [2.24, 2.45) is 0 Å². The first-order chi connectivity index (χ1) is 7.38. The van der Waals surface area contributed by atoms with Crippen LogP contribution in [0.3, 0.4) is 0 Å². The predicted molar refractivity (Wildman–Crippen MR) is 62.6 cm³/mol. The molecule has 0 saturated heterocycles. The number of anilines is 1. The molecule has 3 nitrogen and oxygen atoms in total. The van der Waals surface area contributed by atoms with E-state index in [0.717, 1.165) is 37.6 Å². The van der Waals surface area contributed by atoms with E-state index in [1.165, 1.54) is 0 Å². The Bertz CT molecular complexity index is 276. The van der Waals surface area contributed by atoms with E-state index in [4.69, 9.17) is 9.47 Å². The molecule has 0 aliphatic heterocycles. The third-order valence-electron chi connectivity index (χ3n) is 2.09. The number of nitrogens with one attached hydrogen (secondary N) is 1. The molecule has 15 heavy (non-hydrogen) atoms. The Morgan fingerprint density at radius 3 is 2.80 bits per heavy atom. The second-order valence-corrected chi connectivity index (χ2v) is 3.18. The minimum Gasteiger partial charge on any atom is -0.495 e. The first kappa shape index (κ1) is 11.9. The smallest absolute Gasteiger partial charge is 0.141 e. The van der Waals surface area contributed by atoms with Gasteiger partial charge in [0.15, 0.2) is 0 Å². The van der Waals surface area contributed by atoms with Crippen molar-refractivity contribution >= 4 is 5.69 Å². The molecular formula is C12H19NO2. The molecular weight excluding hydrogens is 190 g/mol. The van der Waals surface area contributed by atoms with Crippen LogP contribution in [0, 0.1) is 0 Å². The highest BCUT2D eigenvalue weighted by Crippen LogP contribution is 2.22. The summed E-state index contributed by atoms with van der Waals surface area (Å²) >= 11 is 0. The minimum absolute atomic E-state index is 0.786. The summed E-state index contributed by atoms with van der Waals surface area (Å²) in [5.74, 6) is 0.883. The maximum atomic E-state index is 5.26. The van der Waals surface area contributed by atoms with Crippen molar-refractivity contribution in [3.8, 4) is 5.75 Å². The molecule has 1 aromatic carbocycles. The lowest BCUT2D eigenvalue weighted by atomic mass is 10.3. The highest BCUT2D eigenvalue weighted by molar-refractivity contribution is 5.55. The number of rotatable bonds is 7. The van der Waals surface area contributed by atoms with Gasteiger partial charge in [0.1, 0.15) is 5.75 Å². The zero-order valence-electron chi connectivity index (χ0n) is 9.45. The van der Waals surface area contributed by atoms with Crippen LogP contribution in [0.4, 0.5) is 5.69 Å². The van der Waals surface area contributed by atoms with Crippen LogP contribution < -0.4 is 10.1 Å². The van der Waals surface area contributed by atoms with Gasteiger partial charge in [-0.3, -0.25) is 0 Å². The number of methoxy groups -OCH3 is 1. The van der Waals surface area contributed by atoms with Gasteiger partial charge in [-0.05, 0) is 25.5 Å². The van der Waals surface area contributed by atoms with Crippen LogP contribution in [0.5, 0.6) is 5.75 Å². The summed E-state index contributed by atoms with van der Waals surface area (Å²) in [5, 5.41) is 3.32. The molecule has 0 aromatic heterocycles. The van der Waals surface area contributed by atoms with Gasteiger partial charge in [-0.2, -0.15) is 0 Å². The Labute approximate surface area is 91.4 Å². The lowest BCUT2D eigenvalue weighted by Gasteiger charge is -2.10. The molecule has 1 aromatic rings. The summed E-state index contributed by atoms with van der Waals surface area (Å²) in [6.07, 6.45) is 1.01. The van der Waals surface area contributed by atoms with Gasteiger partial charge in [0.25, 0.3) is 0 Å². The van der Waals surface area contributed by atoms with Crippen molar-refractivity contribution in [2.75, 3.05) is 32.2 Å². The normalized spacial score (nSPS) is 10.0. The molecule has 1 rings (SSSR count). The molecule has 0 spiro atoms. The van der Waals surface area contributed by atoms with Gasteiger partial charge in [0.05, 0.1) is 12.8 Å². The first-order valence-electron chi connectivity index (χ1n) is 5.33. The molecule has 0 fully saturated rings. The molecule has 84 valence electrons. The van der Waals surface area contributed by atoms with E-state index in [-0.39, 0.29) is 0 Å². The molecule has 0 amide bonds. The fourth-order valence-corrected chi connectivity index (χ4v) is 1.33. The number of benzene rings is 1. The van der Waals surface area contributed by atoms with Crippen LogP contribution in [0.15, 0.2) is 24.3 Å². The number of para-hydroxylation sites is 2. The summed E-state index contributed by atoms with van der Waals surface area (Å²) in [6, 6.07) is 7.92. The quantitative estimate of drug-likeness (QED) is 0.700. The zero-order valence-corrected chi connectivity index (χ0v) is 9.45. The van der Waals surface area contributed by atoms with Gasteiger partial charge in [0.2, 0.25) is 0 Å². The maximum Gasteiger partial charge on any atom is 0.141 e. The van der Waals surface area contributed by atoms with Crippen LogP contribution >= 0.6 is 0 Å². The third kappa shape index (κ3) is 4.21. The molecule has 0 atom stereocenters. The standard InChI is InChI=1S/C12H19NO2/c1-3-15-10-6-9-13-11-7-4-5-8-12(11)14-2/h4-5,7-8,13H,3,6,9-10H2,1-2H3. The average molecular weight is 209 g/mol. The van der Waals surface area contributed by atoms with Gasteiger partial charge in [-0.1, -0.05) is 12.1 Å². The van der Waals surface area contributed by atoms with Crippen LogP contribution in [-0.4, -0.2) is 26.9 Å². The fourth-order valence-electron chi connectivity index (χ4n) is 1.33. The fraction of sp³-hybridized carbons (Fsp3) is 0.500. The summed E-state index contributed by atoms with van der Waals surface area (Å²) in [6.45, 7) is 4.50. The van der Waals surface area contributed by atoms with Crippen molar-refractivity contribution in [3.05, 3.63) is 24.3 Å². The van der Waals surface area contributed by atoms with Crippen LogP contribution in [0.1, 0.15) is 13.3 Å². The van der Waals surface area contributed by atoms with E-state index in [9.17, 15) is 0 Å². The Hall–Kier alpha value is -1.22. The predicted octanol–water partition coefficient (Wildman–Crippen LogP) is 2.53. The van der Waals surface area contributed by atoms with Gasteiger partial charge in [-0.25, -0.2) is 0 Å². The van der Waals surface area contributed by atoms with E-state index in [1.807, 2.05) is 31.2 Å². The van der Waals surface area contributed by atoms with Gasteiger partial charge >= 0.3 is 0 Å². The average Bonchev–Trinajstić information content (AvgIpc) is 2.29. The maximum absolute atomic E-state index is 5.26. The summed E-state index contributed by atoms with van der Waals surface area (Å²) in [5.41, 5.74) is 1.04. The monoisotopic (exact) mass is 209 g/mol. The highest BCUT2D eigenvalue weighted by Gasteiger charge is 1.99. The summed E-state index contributed by atoms with van der Waals surface area (Å²) in [7, 11) is 1.68. The summed E-state index contributed by atoms with van der Waals surface area (Å²) in [4.78, 5) is 0. The molecule has 0 radical (unpaired) electrons. The van der Waals surface area contributed by atoms with Crippen molar-refractivity contribution < 1.29 is 9.47 Å². The van der Waals surface area contributed by atoms with Crippen molar-refractivity contribution in [2.45, 2.75) is 13.3 Å². The number of hydrogen-bond acceptors (Lipinski definition) is 3. The van der Waals surface area contributed by atoms with E-state index in [0.29, 0.717) is 0 Å². The Kier molecular flexibility index (Phi) is 5.63. The molecule has 0 unspecified atom stereocenters. The molecule has 0 aliphatic rings. The molecule has 3 heteroatoms. The second-order valence-electron chi connectivity index (χ2n) is 3.18. The Morgan fingerprint density at radius 2 is 2.07 bits per heavy atom. The van der Waals surface area contributed by atoms with E-state index < -0.39 is 0 Å². The molecule has 1 N–H and O–H groups in total. The van der Waals surface area contributed by atoms with Gasteiger partial charge in [-0.15, -0.1) is 0 Å². The van der Waals surface area contributed by atoms with Crippen molar-refractivity contribution in [1.82, 2.24) is 0 Å².